The van der Waals surface area contributed by atoms with Crippen LogP contribution >= 0.6 is 0 Å². The van der Waals surface area contributed by atoms with Crippen molar-refractivity contribution >= 4 is 17.3 Å². The number of para-hydroxylation sites is 1. The fourth-order valence-electron chi connectivity index (χ4n) is 2.40. The number of aliphatic hydroxyl groups is 1. The molecule has 8 heteroatoms. The van der Waals surface area contributed by atoms with E-state index in [0.29, 0.717) is 28.1 Å². The number of rotatable bonds is 6. The number of ether oxygens (including phenoxy) is 1. The van der Waals surface area contributed by atoms with E-state index >= 15 is 0 Å². The number of hydrogen-bond donors (Lipinski definition) is 5. The van der Waals surface area contributed by atoms with Gasteiger partial charge in [-0.05, 0) is 13.0 Å². The Labute approximate surface area is 151 Å². The number of nitrogens with zero attached hydrogens (tertiary/aromatic N) is 1. The average Bonchev–Trinajstić information content (AvgIpc) is 2.65. The molecule has 0 aliphatic heterocycles. The number of aromatic nitrogens is 1. The van der Waals surface area contributed by atoms with Gasteiger partial charge in [0, 0.05) is 41.3 Å². The second-order valence-corrected chi connectivity index (χ2v) is 5.73. The summed E-state index contributed by atoms with van der Waals surface area (Å²) >= 11 is 0. The molecule has 0 spiro atoms. The summed E-state index contributed by atoms with van der Waals surface area (Å²) in [6, 6.07) is 6.95. The van der Waals surface area contributed by atoms with E-state index in [2.05, 4.69) is 10.3 Å². The van der Waals surface area contributed by atoms with Gasteiger partial charge in [-0.15, -0.1) is 0 Å². The zero-order valence-electron chi connectivity index (χ0n) is 14.7. The highest BCUT2D eigenvalue weighted by Gasteiger charge is 2.17. The summed E-state index contributed by atoms with van der Waals surface area (Å²) in [5, 5.41) is 11.7. The topological polar surface area (TPSA) is 150 Å². The Balaban J connectivity index is 2.45. The molecule has 0 radical (unpaired) electrons. The third-order valence-corrected chi connectivity index (χ3v) is 3.78. The lowest BCUT2D eigenvalue weighted by Crippen LogP contribution is -2.35. The lowest BCUT2D eigenvalue weighted by Gasteiger charge is -2.15. The van der Waals surface area contributed by atoms with E-state index in [1.165, 1.54) is 0 Å². The highest BCUT2D eigenvalue weighted by atomic mass is 16.5. The van der Waals surface area contributed by atoms with E-state index in [4.69, 9.17) is 21.9 Å². The van der Waals surface area contributed by atoms with Gasteiger partial charge in [0.1, 0.15) is 11.4 Å². The Morgan fingerprint density at radius 2 is 2.04 bits per heavy atom. The van der Waals surface area contributed by atoms with Gasteiger partial charge >= 0.3 is 0 Å². The predicted octanol–water partition coefficient (Wildman–Crippen LogP) is 0.422. The monoisotopic (exact) mass is 357 g/mol. The number of benzene rings is 1. The van der Waals surface area contributed by atoms with Crippen molar-refractivity contribution in [3.63, 3.8) is 0 Å². The van der Waals surface area contributed by atoms with Gasteiger partial charge in [-0.25, -0.2) is 0 Å². The second kappa shape index (κ2) is 8.21. The largest absolute Gasteiger partial charge is 0.496 e. The van der Waals surface area contributed by atoms with E-state index in [1.54, 1.807) is 50.7 Å². The first-order valence-electron chi connectivity index (χ1n) is 7.95. The maximum Gasteiger partial charge on any atom is 0.269 e. The van der Waals surface area contributed by atoms with E-state index < -0.39 is 12.0 Å². The lowest BCUT2D eigenvalue weighted by molar-refractivity contribution is -0.117. The predicted molar refractivity (Wildman–Crippen MR) is 101 cm³/mol. The Bertz CT molecular complexity index is 833. The van der Waals surface area contributed by atoms with Crippen molar-refractivity contribution in [1.82, 2.24) is 10.3 Å². The Morgan fingerprint density at radius 1 is 1.31 bits per heavy atom. The van der Waals surface area contributed by atoms with Gasteiger partial charge in [0.2, 0.25) is 0 Å². The average molecular weight is 357 g/mol. The van der Waals surface area contributed by atoms with Crippen LogP contribution in [0.4, 0.5) is 5.69 Å². The molecule has 0 aliphatic rings. The van der Waals surface area contributed by atoms with E-state index in [1.807, 2.05) is 0 Å². The van der Waals surface area contributed by atoms with Crippen LogP contribution in [-0.4, -0.2) is 35.8 Å². The zero-order chi connectivity index (χ0) is 19.3. The van der Waals surface area contributed by atoms with Gasteiger partial charge in [-0.3, -0.25) is 9.78 Å². The van der Waals surface area contributed by atoms with Crippen LogP contribution in [0.2, 0.25) is 0 Å². The third-order valence-electron chi connectivity index (χ3n) is 3.78. The van der Waals surface area contributed by atoms with Crippen LogP contribution in [0.1, 0.15) is 12.5 Å². The Morgan fingerprint density at radius 3 is 2.69 bits per heavy atom. The number of hydrogen-bond acceptors (Lipinski definition) is 7. The molecule has 1 atom stereocenters. The number of methoxy groups -OCH3 is 1. The van der Waals surface area contributed by atoms with E-state index in [9.17, 15) is 9.90 Å². The van der Waals surface area contributed by atoms with Crippen LogP contribution in [0.3, 0.4) is 0 Å². The first-order valence-corrected chi connectivity index (χ1v) is 7.95. The molecule has 1 heterocycles. The fourth-order valence-corrected chi connectivity index (χ4v) is 2.40. The lowest BCUT2D eigenvalue weighted by atomic mass is 9.98. The van der Waals surface area contributed by atoms with Gasteiger partial charge in [0.25, 0.3) is 5.91 Å². The third kappa shape index (κ3) is 4.04. The minimum atomic E-state index is -0.695. The molecule has 1 aromatic heterocycles. The molecule has 0 saturated heterocycles. The van der Waals surface area contributed by atoms with Crippen molar-refractivity contribution in [3.05, 3.63) is 47.9 Å². The summed E-state index contributed by atoms with van der Waals surface area (Å²) in [5.74, 6) is 0.0289. The van der Waals surface area contributed by atoms with Gasteiger partial charge < -0.3 is 32.4 Å². The van der Waals surface area contributed by atoms with Crippen molar-refractivity contribution in [3.8, 4) is 16.9 Å². The maximum atomic E-state index is 12.1. The molecule has 138 valence electrons. The molecule has 8 nitrogen and oxygen atoms in total. The second-order valence-electron chi connectivity index (χ2n) is 5.73. The molecule has 1 amide bonds. The smallest absolute Gasteiger partial charge is 0.269 e. The quantitative estimate of drug-likeness (QED) is 0.371. The van der Waals surface area contributed by atoms with Crippen LogP contribution < -0.4 is 27.3 Å². The molecular weight excluding hydrogens is 334 g/mol. The van der Waals surface area contributed by atoms with Crippen molar-refractivity contribution in [2.45, 2.75) is 13.0 Å². The van der Waals surface area contributed by atoms with Crippen molar-refractivity contribution < 1.29 is 14.6 Å². The van der Waals surface area contributed by atoms with Crippen LogP contribution in [0.15, 0.2) is 42.4 Å². The minimum absolute atomic E-state index is 0.0512. The van der Waals surface area contributed by atoms with E-state index in [0.717, 1.165) is 0 Å². The first kappa shape index (κ1) is 19.1. The SMILES string of the molecule is COc1ccncc1-c1cccc(/C(N)=C(\N)C(=O)NCC(C)O)c1N. The standard InChI is InChI=1S/C18H23N5O3/c1-10(24)8-23-18(25)17(21)16(20)12-5-3-4-11(15(12)19)13-9-22-7-6-14(13)26-2/h3-7,9-10,24H,8,19-21H2,1-2H3,(H,23,25)/b17-16+. The number of carbonyl (C=O) groups excluding carboxylic acids is 1. The summed E-state index contributed by atoms with van der Waals surface area (Å²) in [5.41, 5.74) is 20.2. The molecule has 2 aromatic rings. The number of aliphatic hydroxyl groups excluding tert-OH is 1. The maximum absolute atomic E-state index is 12.1. The number of nitrogens with one attached hydrogen (secondary N) is 1. The van der Waals surface area contributed by atoms with Crippen molar-refractivity contribution in [2.75, 3.05) is 19.4 Å². The summed E-state index contributed by atoms with van der Waals surface area (Å²) in [7, 11) is 1.55. The number of anilines is 1. The fraction of sp³-hybridized carbons (Fsp3) is 0.222. The van der Waals surface area contributed by atoms with Crippen LogP contribution in [0.25, 0.3) is 16.8 Å². The normalized spacial score (nSPS) is 12.9. The van der Waals surface area contributed by atoms with Gasteiger partial charge in [0.15, 0.2) is 0 Å². The minimum Gasteiger partial charge on any atom is -0.496 e. The number of carbonyl (C=O) groups is 1. The molecule has 0 aliphatic carbocycles. The Hall–Kier alpha value is -3.26. The number of amides is 1. The van der Waals surface area contributed by atoms with Gasteiger partial charge in [0.05, 0.1) is 18.9 Å². The molecule has 1 aromatic carbocycles. The molecule has 0 bridgehead atoms. The molecule has 26 heavy (non-hydrogen) atoms. The molecule has 8 N–H and O–H groups in total. The number of nitrogen functional groups attached to an aromatic ring is 1. The molecular formula is C18H23N5O3. The van der Waals surface area contributed by atoms with Gasteiger partial charge in [-0.1, -0.05) is 18.2 Å². The number of pyridine rings is 1. The highest BCUT2D eigenvalue weighted by Crippen LogP contribution is 2.35. The highest BCUT2D eigenvalue weighted by molar-refractivity contribution is 6.01. The van der Waals surface area contributed by atoms with Gasteiger partial charge in [-0.2, -0.15) is 0 Å². The summed E-state index contributed by atoms with van der Waals surface area (Å²) < 4.78 is 5.34. The summed E-state index contributed by atoms with van der Waals surface area (Å²) in [6.07, 6.45) is 2.55. The molecule has 1 unspecified atom stereocenters. The summed E-state index contributed by atoms with van der Waals surface area (Å²) in [4.78, 5) is 16.2. The first-order chi connectivity index (χ1) is 12.4. The number of nitrogens with two attached hydrogens (primary N) is 3. The van der Waals surface area contributed by atoms with Crippen molar-refractivity contribution in [1.29, 1.82) is 0 Å². The summed E-state index contributed by atoms with van der Waals surface area (Å²) in [6.45, 7) is 1.61. The van der Waals surface area contributed by atoms with Crippen LogP contribution in [0, 0.1) is 0 Å². The van der Waals surface area contributed by atoms with Crippen molar-refractivity contribution in [2.24, 2.45) is 11.5 Å². The molecule has 2 rings (SSSR count). The van der Waals surface area contributed by atoms with E-state index in [-0.39, 0.29) is 17.9 Å². The molecule has 0 fully saturated rings. The Kier molecular flexibility index (Phi) is 6.03. The zero-order valence-corrected chi connectivity index (χ0v) is 14.7. The van der Waals surface area contributed by atoms with Crippen LogP contribution in [-0.2, 0) is 4.79 Å². The molecule has 0 saturated carbocycles. The van der Waals surface area contributed by atoms with Crippen LogP contribution in [0.5, 0.6) is 5.75 Å².